The highest BCUT2D eigenvalue weighted by molar-refractivity contribution is 5.95. The van der Waals surface area contributed by atoms with Gasteiger partial charge in [-0.1, -0.05) is 48.5 Å². The zero-order chi connectivity index (χ0) is 25.9. The topological polar surface area (TPSA) is 101 Å². The molecular weight excluding hydrogens is 456 g/mol. The first kappa shape index (κ1) is 25.2. The van der Waals surface area contributed by atoms with Gasteiger partial charge in [0.2, 0.25) is 0 Å². The molecule has 4 rings (SSSR count). The van der Waals surface area contributed by atoms with E-state index in [2.05, 4.69) is 11.4 Å². The van der Waals surface area contributed by atoms with Crippen LogP contribution in [0.2, 0.25) is 0 Å². The Bertz CT molecular complexity index is 1300. The fourth-order valence-corrected chi connectivity index (χ4v) is 4.71. The van der Waals surface area contributed by atoms with E-state index < -0.39 is 23.5 Å². The van der Waals surface area contributed by atoms with Crippen molar-refractivity contribution in [3.63, 3.8) is 0 Å². The summed E-state index contributed by atoms with van der Waals surface area (Å²) in [5, 5.41) is 25.4. The van der Waals surface area contributed by atoms with E-state index in [4.69, 9.17) is 14.2 Å². The van der Waals surface area contributed by atoms with Crippen molar-refractivity contribution in [1.82, 2.24) is 5.32 Å². The molecule has 3 atom stereocenters. The summed E-state index contributed by atoms with van der Waals surface area (Å²) in [5.41, 5.74) is 1.82. The number of hydrogen-bond acceptors (Lipinski definition) is 6. The third kappa shape index (κ3) is 4.41. The van der Waals surface area contributed by atoms with Crippen LogP contribution in [0.1, 0.15) is 47.5 Å². The van der Waals surface area contributed by atoms with E-state index >= 15 is 0 Å². The van der Waals surface area contributed by atoms with Crippen LogP contribution in [0.4, 0.5) is 0 Å². The maximum Gasteiger partial charge on any atom is 0.251 e. The largest absolute Gasteiger partial charge is 0.493 e. The predicted molar refractivity (Wildman–Crippen MR) is 136 cm³/mol. The number of ether oxygens (including phenoxy) is 3. The summed E-state index contributed by atoms with van der Waals surface area (Å²) < 4.78 is 16.6. The Balaban J connectivity index is 1.88. The van der Waals surface area contributed by atoms with Gasteiger partial charge < -0.3 is 24.6 Å². The zero-order valence-electron chi connectivity index (χ0n) is 20.8. The van der Waals surface area contributed by atoms with Gasteiger partial charge in [0.1, 0.15) is 11.5 Å². The number of methoxy groups -OCH3 is 2. The summed E-state index contributed by atoms with van der Waals surface area (Å²) >= 11 is 0. The molecule has 0 bridgehead atoms. The third-order valence-corrected chi connectivity index (χ3v) is 6.61. The number of rotatable bonds is 7. The quantitative estimate of drug-likeness (QED) is 0.496. The molecule has 186 valence electrons. The molecule has 0 aliphatic heterocycles. The normalized spacial score (nSPS) is 20.5. The van der Waals surface area contributed by atoms with Crippen molar-refractivity contribution >= 4 is 5.91 Å². The molecule has 0 fully saturated rings. The lowest BCUT2D eigenvalue weighted by atomic mass is 9.73. The number of carbonyl (C=O) groups excluding carboxylic acids is 1. The number of nitriles is 1. The van der Waals surface area contributed by atoms with E-state index in [0.29, 0.717) is 22.6 Å². The number of nitrogens with zero attached hydrogens (tertiary/aromatic N) is 1. The molecule has 3 aromatic rings. The second-order valence-electron chi connectivity index (χ2n) is 9.07. The summed E-state index contributed by atoms with van der Waals surface area (Å²) in [6.07, 6.45) is -1.40. The second kappa shape index (κ2) is 10.4. The lowest BCUT2D eigenvalue weighted by Gasteiger charge is -2.38. The van der Waals surface area contributed by atoms with Crippen LogP contribution in [0.15, 0.2) is 66.7 Å². The van der Waals surface area contributed by atoms with Crippen molar-refractivity contribution in [3.05, 3.63) is 83.4 Å². The smallest absolute Gasteiger partial charge is 0.251 e. The fraction of sp³-hybridized carbons (Fsp3) is 0.310. The SMILES string of the molecule is COc1ccc(C(=O)N[C@@H]2c3ccccc3-c3ccccc3[C@@H](O)[C@]2(C#N)COC(C)C)cc1OC. The van der Waals surface area contributed by atoms with Crippen LogP contribution >= 0.6 is 0 Å². The standard InChI is InChI=1S/C29H30N2O5/c1-18(2)36-17-29(16-30)26(31-28(33)19-13-14-24(34-3)25(15-19)35-4)22-11-7-5-9-20(22)21-10-6-8-12-23(21)27(29)32/h5-15,18,26-27,32H,17H2,1-4H3,(H,31,33)/t26-,27-,29-/m1/s1. The number of nitrogens with one attached hydrogen (secondary N) is 1. The third-order valence-electron chi connectivity index (χ3n) is 6.61. The molecule has 0 spiro atoms. The Morgan fingerprint density at radius 2 is 1.61 bits per heavy atom. The van der Waals surface area contributed by atoms with Crippen LogP contribution in [-0.2, 0) is 4.74 Å². The van der Waals surface area contributed by atoms with Gasteiger partial charge in [0, 0.05) is 5.56 Å². The molecule has 0 saturated carbocycles. The maximum atomic E-state index is 13.6. The van der Waals surface area contributed by atoms with E-state index in [1.807, 2.05) is 62.4 Å². The Morgan fingerprint density at radius 3 is 2.22 bits per heavy atom. The average molecular weight is 487 g/mol. The van der Waals surface area contributed by atoms with Crippen LogP contribution in [0.25, 0.3) is 11.1 Å². The van der Waals surface area contributed by atoms with E-state index in [9.17, 15) is 15.2 Å². The number of aliphatic hydroxyl groups excluding tert-OH is 1. The zero-order valence-corrected chi connectivity index (χ0v) is 20.8. The number of hydrogen-bond donors (Lipinski definition) is 2. The van der Waals surface area contributed by atoms with Crippen molar-refractivity contribution in [1.29, 1.82) is 5.26 Å². The molecule has 1 aliphatic rings. The molecule has 0 unspecified atom stereocenters. The van der Waals surface area contributed by atoms with Crippen molar-refractivity contribution in [3.8, 4) is 28.7 Å². The number of carbonyl (C=O) groups is 1. The minimum Gasteiger partial charge on any atom is -0.493 e. The highest BCUT2D eigenvalue weighted by Gasteiger charge is 2.51. The first-order valence-electron chi connectivity index (χ1n) is 11.8. The van der Waals surface area contributed by atoms with Gasteiger partial charge in [-0.05, 0) is 54.3 Å². The molecule has 7 nitrogen and oxygen atoms in total. The van der Waals surface area contributed by atoms with Gasteiger partial charge >= 0.3 is 0 Å². The van der Waals surface area contributed by atoms with Crippen molar-refractivity contribution in [2.24, 2.45) is 5.41 Å². The summed E-state index contributed by atoms with van der Waals surface area (Å²) in [5.74, 6) is 0.489. The molecule has 0 saturated heterocycles. The van der Waals surface area contributed by atoms with Gasteiger partial charge in [0.05, 0.1) is 39.0 Å². The molecule has 2 N–H and O–H groups in total. The van der Waals surface area contributed by atoms with Crippen LogP contribution in [0.5, 0.6) is 11.5 Å². The fourth-order valence-electron chi connectivity index (χ4n) is 4.71. The molecule has 0 radical (unpaired) electrons. The minimum absolute atomic E-state index is 0.0815. The summed E-state index contributed by atoms with van der Waals surface area (Å²) in [6.45, 7) is 3.66. The summed E-state index contributed by atoms with van der Waals surface area (Å²) in [7, 11) is 3.02. The van der Waals surface area contributed by atoms with Gasteiger partial charge in [-0.25, -0.2) is 0 Å². The van der Waals surface area contributed by atoms with Gasteiger partial charge in [0.15, 0.2) is 11.5 Å². The maximum absolute atomic E-state index is 13.6. The predicted octanol–water partition coefficient (Wildman–Crippen LogP) is 4.82. The molecular formula is C29H30N2O5. The molecule has 7 heteroatoms. The number of benzene rings is 3. The molecule has 0 aromatic heterocycles. The van der Waals surface area contributed by atoms with E-state index in [-0.39, 0.29) is 12.7 Å². The molecule has 36 heavy (non-hydrogen) atoms. The monoisotopic (exact) mass is 486 g/mol. The van der Waals surface area contributed by atoms with E-state index in [1.165, 1.54) is 14.2 Å². The lowest BCUT2D eigenvalue weighted by molar-refractivity contribution is -0.0501. The Kier molecular flexibility index (Phi) is 7.30. The number of amides is 1. The van der Waals surface area contributed by atoms with Crippen LogP contribution in [-0.4, -0.2) is 37.9 Å². The first-order valence-corrected chi connectivity index (χ1v) is 11.8. The number of fused-ring (bicyclic) bond motifs is 3. The molecule has 1 amide bonds. The first-order chi connectivity index (χ1) is 17.4. The Morgan fingerprint density at radius 1 is 1.00 bits per heavy atom. The van der Waals surface area contributed by atoms with Gasteiger partial charge in [-0.3, -0.25) is 4.79 Å². The number of aliphatic hydroxyl groups is 1. The van der Waals surface area contributed by atoms with Gasteiger partial charge in [0.25, 0.3) is 5.91 Å². The van der Waals surface area contributed by atoms with Crippen LogP contribution < -0.4 is 14.8 Å². The Hall–Kier alpha value is -3.86. The van der Waals surface area contributed by atoms with Crippen LogP contribution in [0.3, 0.4) is 0 Å². The van der Waals surface area contributed by atoms with Gasteiger partial charge in [-0.2, -0.15) is 5.26 Å². The van der Waals surface area contributed by atoms with E-state index in [1.54, 1.807) is 18.2 Å². The second-order valence-corrected chi connectivity index (χ2v) is 9.07. The van der Waals surface area contributed by atoms with Gasteiger partial charge in [-0.15, -0.1) is 0 Å². The van der Waals surface area contributed by atoms with Crippen molar-refractivity contribution in [2.45, 2.75) is 32.1 Å². The molecule has 3 aromatic carbocycles. The lowest BCUT2D eigenvalue weighted by Crippen LogP contribution is -2.46. The minimum atomic E-state index is -1.50. The summed E-state index contributed by atoms with van der Waals surface area (Å²) in [4.78, 5) is 13.6. The molecule has 1 aliphatic carbocycles. The van der Waals surface area contributed by atoms with Crippen molar-refractivity contribution < 1.29 is 24.1 Å². The Labute approximate surface area is 211 Å². The summed E-state index contributed by atoms with van der Waals surface area (Å²) in [6, 6.07) is 21.4. The van der Waals surface area contributed by atoms with E-state index in [0.717, 1.165) is 16.7 Å². The van der Waals surface area contributed by atoms with Crippen molar-refractivity contribution in [2.75, 3.05) is 20.8 Å². The van der Waals surface area contributed by atoms with Crippen LogP contribution in [0, 0.1) is 16.7 Å². The average Bonchev–Trinajstić information content (AvgIpc) is 2.99. The molecule has 0 heterocycles. The highest BCUT2D eigenvalue weighted by atomic mass is 16.5. The highest BCUT2D eigenvalue weighted by Crippen LogP contribution is 2.52.